The van der Waals surface area contributed by atoms with E-state index < -0.39 is 6.10 Å². The molecule has 0 heterocycles. The zero-order valence-electron chi connectivity index (χ0n) is 50.1. The van der Waals surface area contributed by atoms with Crippen molar-refractivity contribution in [2.24, 2.45) is 0 Å². The standard InChI is InChI=1S/C69H124O6/c1-4-7-10-13-16-19-22-25-27-29-31-32-33-34-35-36-38-39-41-44-47-50-53-56-59-62-68(71)74-65-66(64-73-67(70)61-58-55-52-49-46-43-24-21-18-15-12-9-6-3)75-69(72)63-60-57-54-51-48-45-42-40-37-30-28-26-23-20-17-14-11-8-5-2/h9,12,18,21,29,31,43,46,52,55,66H,4-8,10-11,13-17,19-20,22-28,30,32-42,44-45,47-51,53-54,56-65H2,1-3H3/b12-9-,21-18-,31-29-,46-43-,55-52-. The van der Waals surface area contributed by atoms with Gasteiger partial charge in [0, 0.05) is 19.3 Å². The first-order valence-corrected chi connectivity index (χ1v) is 32.8. The molecule has 0 aromatic carbocycles. The van der Waals surface area contributed by atoms with Gasteiger partial charge < -0.3 is 14.2 Å². The molecule has 6 nitrogen and oxygen atoms in total. The number of hydrogen-bond donors (Lipinski definition) is 0. The number of allylic oxidation sites excluding steroid dienone is 10. The van der Waals surface area contributed by atoms with Crippen LogP contribution < -0.4 is 0 Å². The van der Waals surface area contributed by atoms with Gasteiger partial charge in [0.1, 0.15) is 13.2 Å². The molecule has 6 heteroatoms. The fourth-order valence-corrected chi connectivity index (χ4v) is 9.63. The van der Waals surface area contributed by atoms with Crippen molar-refractivity contribution in [2.45, 2.75) is 348 Å². The maximum absolute atomic E-state index is 12.9. The second-order valence-electron chi connectivity index (χ2n) is 22.0. The molecule has 1 atom stereocenters. The predicted octanol–water partition coefficient (Wildman–Crippen LogP) is 22.3. The van der Waals surface area contributed by atoms with Gasteiger partial charge in [0.05, 0.1) is 0 Å². The molecule has 0 saturated carbocycles. The summed E-state index contributed by atoms with van der Waals surface area (Å²) in [7, 11) is 0. The molecule has 0 aliphatic carbocycles. The molecular weight excluding hydrogens is 925 g/mol. The molecule has 75 heavy (non-hydrogen) atoms. The lowest BCUT2D eigenvalue weighted by atomic mass is 10.0. The lowest BCUT2D eigenvalue weighted by Crippen LogP contribution is -2.30. The molecule has 0 aliphatic heterocycles. The van der Waals surface area contributed by atoms with Gasteiger partial charge >= 0.3 is 17.9 Å². The van der Waals surface area contributed by atoms with Gasteiger partial charge in [0.15, 0.2) is 6.10 Å². The third kappa shape index (κ3) is 61.8. The molecule has 0 aromatic heterocycles. The van der Waals surface area contributed by atoms with Crippen LogP contribution in [-0.2, 0) is 28.6 Å². The van der Waals surface area contributed by atoms with E-state index in [2.05, 4.69) is 75.5 Å². The first-order chi connectivity index (χ1) is 37.0. The molecule has 0 spiro atoms. The van der Waals surface area contributed by atoms with Crippen molar-refractivity contribution in [3.63, 3.8) is 0 Å². The van der Waals surface area contributed by atoms with Crippen LogP contribution in [0.15, 0.2) is 60.8 Å². The Labute approximate surface area is 466 Å². The number of rotatable bonds is 60. The molecule has 0 rings (SSSR count). The second-order valence-corrected chi connectivity index (χ2v) is 22.0. The molecule has 0 aromatic rings. The number of carbonyl (C=O) groups is 3. The van der Waals surface area contributed by atoms with Crippen LogP contribution in [0.1, 0.15) is 342 Å². The number of unbranched alkanes of at least 4 members (excludes halogenated alkanes) is 39. The minimum atomic E-state index is -0.801. The third-order valence-electron chi connectivity index (χ3n) is 14.5. The Morgan fingerprint density at radius 3 is 0.893 bits per heavy atom. The van der Waals surface area contributed by atoms with Crippen LogP contribution in [0.4, 0.5) is 0 Å². The highest BCUT2D eigenvalue weighted by atomic mass is 16.6. The fraction of sp³-hybridized carbons (Fsp3) is 0.812. The number of hydrogen-bond acceptors (Lipinski definition) is 6. The van der Waals surface area contributed by atoms with Crippen LogP contribution in [0, 0.1) is 0 Å². The van der Waals surface area contributed by atoms with Crippen molar-refractivity contribution in [3.05, 3.63) is 60.8 Å². The number of carbonyl (C=O) groups excluding carboxylic acids is 3. The summed E-state index contributed by atoms with van der Waals surface area (Å²) in [4.78, 5) is 38.3. The summed E-state index contributed by atoms with van der Waals surface area (Å²) in [5.41, 5.74) is 0. The topological polar surface area (TPSA) is 78.9 Å². The Hall–Kier alpha value is -2.89. The molecular formula is C69H124O6. The highest BCUT2D eigenvalue weighted by molar-refractivity contribution is 5.71. The zero-order chi connectivity index (χ0) is 54.3. The first kappa shape index (κ1) is 72.1. The quantitative estimate of drug-likeness (QED) is 0.0261. The van der Waals surface area contributed by atoms with E-state index in [1.165, 1.54) is 231 Å². The van der Waals surface area contributed by atoms with Gasteiger partial charge in [-0.1, -0.05) is 313 Å². The van der Waals surface area contributed by atoms with Crippen molar-refractivity contribution in [2.75, 3.05) is 13.2 Å². The van der Waals surface area contributed by atoms with E-state index in [-0.39, 0.29) is 37.5 Å². The SMILES string of the molecule is CC/C=C\C/C=C\C/C=C\C/C=C\CCC(=O)OCC(COC(=O)CCCCCCCCCCCCCCC/C=C\CCCCCCCCCC)OC(=O)CCCCCCCCCCCCCCCCCCCCC. The minimum Gasteiger partial charge on any atom is -0.462 e. The van der Waals surface area contributed by atoms with Crippen LogP contribution in [-0.4, -0.2) is 37.2 Å². The van der Waals surface area contributed by atoms with Gasteiger partial charge in [-0.2, -0.15) is 0 Å². The summed E-state index contributed by atoms with van der Waals surface area (Å²) < 4.78 is 16.9. The zero-order valence-corrected chi connectivity index (χ0v) is 50.1. The second kappa shape index (κ2) is 63.6. The van der Waals surface area contributed by atoms with Crippen LogP contribution in [0.5, 0.6) is 0 Å². The van der Waals surface area contributed by atoms with E-state index in [9.17, 15) is 14.4 Å². The van der Waals surface area contributed by atoms with E-state index in [4.69, 9.17) is 14.2 Å². The molecule has 0 bridgehead atoms. The van der Waals surface area contributed by atoms with E-state index in [1.54, 1.807) is 0 Å². The minimum absolute atomic E-state index is 0.0926. The van der Waals surface area contributed by atoms with E-state index >= 15 is 0 Å². The molecule has 0 amide bonds. The Balaban J connectivity index is 4.29. The lowest BCUT2D eigenvalue weighted by Gasteiger charge is -2.18. The number of esters is 3. The Bertz CT molecular complexity index is 1340. The third-order valence-corrected chi connectivity index (χ3v) is 14.5. The van der Waals surface area contributed by atoms with E-state index in [0.29, 0.717) is 19.3 Å². The summed E-state index contributed by atoms with van der Waals surface area (Å²) in [6, 6.07) is 0. The Morgan fingerprint density at radius 2 is 0.547 bits per heavy atom. The monoisotopic (exact) mass is 1050 g/mol. The predicted molar refractivity (Wildman–Crippen MR) is 325 cm³/mol. The molecule has 0 fully saturated rings. The van der Waals surface area contributed by atoms with Crippen LogP contribution in [0.2, 0.25) is 0 Å². The van der Waals surface area contributed by atoms with Crippen LogP contribution in [0.25, 0.3) is 0 Å². The molecule has 436 valence electrons. The highest BCUT2D eigenvalue weighted by Crippen LogP contribution is 2.18. The average molecular weight is 1050 g/mol. The van der Waals surface area contributed by atoms with Gasteiger partial charge in [-0.15, -0.1) is 0 Å². The van der Waals surface area contributed by atoms with Gasteiger partial charge in [0.25, 0.3) is 0 Å². The van der Waals surface area contributed by atoms with E-state index in [1.807, 2.05) is 6.08 Å². The van der Waals surface area contributed by atoms with Gasteiger partial charge in [0.2, 0.25) is 0 Å². The lowest BCUT2D eigenvalue weighted by molar-refractivity contribution is -0.166. The largest absolute Gasteiger partial charge is 0.462 e. The smallest absolute Gasteiger partial charge is 0.306 e. The highest BCUT2D eigenvalue weighted by Gasteiger charge is 2.19. The van der Waals surface area contributed by atoms with Crippen molar-refractivity contribution in [1.82, 2.24) is 0 Å². The van der Waals surface area contributed by atoms with Gasteiger partial charge in [-0.05, 0) is 70.6 Å². The Morgan fingerprint density at radius 1 is 0.280 bits per heavy atom. The first-order valence-electron chi connectivity index (χ1n) is 32.8. The van der Waals surface area contributed by atoms with E-state index in [0.717, 1.165) is 64.2 Å². The molecule has 0 aliphatic rings. The molecule has 0 N–H and O–H groups in total. The van der Waals surface area contributed by atoms with Crippen molar-refractivity contribution >= 4 is 17.9 Å². The van der Waals surface area contributed by atoms with Crippen LogP contribution in [0.3, 0.4) is 0 Å². The molecule has 0 saturated heterocycles. The molecule has 1 unspecified atom stereocenters. The maximum atomic E-state index is 12.9. The Kier molecular flexibility index (Phi) is 61.2. The summed E-state index contributed by atoms with van der Waals surface area (Å²) in [6.07, 6.45) is 81.2. The van der Waals surface area contributed by atoms with Crippen molar-refractivity contribution in [1.29, 1.82) is 0 Å². The van der Waals surface area contributed by atoms with Gasteiger partial charge in [-0.3, -0.25) is 14.4 Å². The van der Waals surface area contributed by atoms with Crippen molar-refractivity contribution in [3.8, 4) is 0 Å². The maximum Gasteiger partial charge on any atom is 0.306 e. The summed E-state index contributed by atoms with van der Waals surface area (Å²) in [6.45, 7) is 6.51. The fourth-order valence-electron chi connectivity index (χ4n) is 9.63. The normalized spacial score (nSPS) is 12.4. The van der Waals surface area contributed by atoms with Gasteiger partial charge in [-0.25, -0.2) is 0 Å². The van der Waals surface area contributed by atoms with Crippen LogP contribution >= 0.6 is 0 Å². The molecule has 0 radical (unpaired) electrons. The van der Waals surface area contributed by atoms with Crippen molar-refractivity contribution < 1.29 is 28.6 Å². The average Bonchev–Trinajstić information content (AvgIpc) is 3.41. The summed E-state index contributed by atoms with van der Waals surface area (Å²) >= 11 is 0. The number of ether oxygens (including phenoxy) is 3. The summed E-state index contributed by atoms with van der Waals surface area (Å²) in [5, 5.41) is 0. The summed E-state index contributed by atoms with van der Waals surface area (Å²) in [5.74, 6) is -0.958.